The number of Topliss-reactive ketones (excluding diaryl/α,β-unsaturated/α-hetero) is 1. The molecule has 0 fully saturated rings. The summed E-state index contributed by atoms with van der Waals surface area (Å²) < 4.78 is 1.70. The first-order valence-electron chi connectivity index (χ1n) is 6.08. The van der Waals surface area contributed by atoms with Crippen LogP contribution in [0.5, 0.6) is 0 Å². The average Bonchev–Trinajstić information content (AvgIpc) is 2.77. The van der Waals surface area contributed by atoms with Crippen LogP contribution >= 0.6 is 0 Å². The van der Waals surface area contributed by atoms with Crippen LogP contribution in [0, 0.1) is 6.92 Å². The molecule has 98 valence electrons. The maximum Gasteiger partial charge on any atom is 0.244 e. The number of aryl methyl sites for hydroxylation is 1. The number of carbonyl (C=O) groups excluding carboxylic acids is 2. The fraction of sp³-hybridized carbons (Fsp3) is 0.200. The van der Waals surface area contributed by atoms with Crippen LogP contribution in [0.15, 0.2) is 42.7 Å². The smallest absolute Gasteiger partial charge is 0.244 e. The molecule has 4 heteroatoms. The molecule has 0 spiro atoms. The Labute approximate surface area is 112 Å². The van der Waals surface area contributed by atoms with Crippen LogP contribution in [0.3, 0.4) is 0 Å². The molecule has 0 bridgehead atoms. The maximum atomic E-state index is 11.9. The predicted octanol–water partition coefficient (Wildman–Crippen LogP) is 2.64. The number of amides is 1. The van der Waals surface area contributed by atoms with Crippen molar-refractivity contribution in [3.63, 3.8) is 0 Å². The van der Waals surface area contributed by atoms with Gasteiger partial charge in [0, 0.05) is 23.6 Å². The molecule has 0 aliphatic carbocycles. The molecule has 1 N–H and O–H groups in total. The van der Waals surface area contributed by atoms with E-state index in [1.54, 1.807) is 23.0 Å². The lowest BCUT2D eigenvalue weighted by Gasteiger charge is -2.06. The van der Waals surface area contributed by atoms with E-state index in [2.05, 4.69) is 5.32 Å². The SMILES string of the molecule is CC(=O)c1ccn(CC(=O)Nc2cccc(C)c2)c1. The second-order valence-electron chi connectivity index (χ2n) is 4.55. The van der Waals surface area contributed by atoms with Gasteiger partial charge in [-0.1, -0.05) is 12.1 Å². The number of aromatic nitrogens is 1. The van der Waals surface area contributed by atoms with Gasteiger partial charge in [0.2, 0.25) is 5.91 Å². The zero-order valence-electron chi connectivity index (χ0n) is 11.0. The Hall–Kier alpha value is -2.36. The van der Waals surface area contributed by atoms with Crippen LogP contribution in [-0.4, -0.2) is 16.3 Å². The van der Waals surface area contributed by atoms with E-state index in [1.165, 1.54) is 6.92 Å². The molecule has 2 rings (SSSR count). The second-order valence-corrected chi connectivity index (χ2v) is 4.55. The van der Waals surface area contributed by atoms with Crippen molar-refractivity contribution in [2.24, 2.45) is 0 Å². The first-order valence-corrected chi connectivity index (χ1v) is 6.08. The number of anilines is 1. The van der Waals surface area contributed by atoms with Crippen LogP contribution in [0.4, 0.5) is 5.69 Å². The summed E-state index contributed by atoms with van der Waals surface area (Å²) in [7, 11) is 0. The van der Waals surface area contributed by atoms with Gasteiger partial charge in [0.25, 0.3) is 0 Å². The van der Waals surface area contributed by atoms with Crippen molar-refractivity contribution >= 4 is 17.4 Å². The van der Waals surface area contributed by atoms with Crippen molar-refractivity contribution < 1.29 is 9.59 Å². The van der Waals surface area contributed by atoms with Crippen molar-refractivity contribution in [3.8, 4) is 0 Å². The zero-order valence-corrected chi connectivity index (χ0v) is 11.0. The van der Waals surface area contributed by atoms with Crippen LogP contribution < -0.4 is 5.32 Å². The lowest BCUT2D eigenvalue weighted by Crippen LogP contribution is -2.17. The first-order chi connectivity index (χ1) is 9.04. The Bertz CT molecular complexity index is 614. The van der Waals surface area contributed by atoms with E-state index >= 15 is 0 Å². The Morgan fingerprint density at radius 1 is 1.26 bits per heavy atom. The summed E-state index contributed by atoms with van der Waals surface area (Å²) in [4.78, 5) is 23.0. The summed E-state index contributed by atoms with van der Waals surface area (Å²) >= 11 is 0. The highest BCUT2D eigenvalue weighted by Gasteiger charge is 2.06. The fourth-order valence-electron chi connectivity index (χ4n) is 1.84. The van der Waals surface area contributed by atoms with Crippen molar-refractivity contribution in [3.05, 3.63) is 53.9 Å². The minimum atomic E-state index is -0.115. The van der Waals surface area contributed by atoms with Crippen molar-refractivity contribution in [1.29, 1.82) is 0 Å². The molecule has 1 heterocycles. The minimum Gasteiger partial charge on any atom is -0.344 e. The van der Waals surface area contributed by atoms with E-state index in [4.69, 9.17) is 0 Å². The fourth-order valence-corrected chi connectivity index (χ4v) is 1.84. The van der Waals surface area contributed by atoms with E-state index in [9.17, 15) is 9.59 Å². The largest absolute Gasteiger partial charge is 0.344 e. The van der Waals surface area contributed by atoms with Crippen LogP contribution in [-0.2, 0) is 11.3 Å². The van der Waals surface area contributed by atoms with E-state index in [-0.39, 0.29) is 18.2 Å². The molecule has 0 radical (unpaired) electrons. The summed E-state index contributed by atoms with van der Waals surface area (Å²) in [6.07, 6.45) is 3.41. The maximum absolute atomic E-state index is 11.9. The van der Waals surface area contributed by atoms with E-state index in [0.717, 1.165) is 11.3 Å². The molecule has 0 atom stereocenters. The molecule has 1 aromatic carbocycles. The van der Waals surface area contributed by atoms with Crippen molar-refractivity contribution in [2.75, 3.05) is 5.32 Å². The molecule has 0 saturated carbocycles. The van der Waals surface area contributed by atoms with Gasteiger partial charge < -0.3 is 9.88 Å². The zero-order chi connectivity index (χ0) is 13.8. The van der Waals surface area contributed by atoms with Gasteiger partial charge in [-0.2, -0.15) is 0 Å². The van der Waals surface area contributed by atoms with Crippen LogP contribution in [0.2, 0.25) is 0 Å². The number of hydrogen-bond acceptors (Lipinski definition) is 2. The number of nitrogens with one attached hydrogen (secondary N) is 1. The highest BCUT2D eigenvalue weighted by atomic mass is 16.2. The minimum absolute atomic E-state index is 0.00200. The van der Waals surface area contributed by atoms with Crippen LogP contribution in [0.1, 0.15) is 22.8 Å². The van der Waals surface area contributed by atoms with Gasteiger partial charge in [-0.3, -0.25) is 9.59 Å². The number of nitrogens with zero attached hydrogens (tertiary/aromatic N) is 1. The monoisotopic (exact) mass is 256 g/mol. The molecule has 19 heavy (non-hydrogen) atoms. The quantitative estimate of drug-likeness (QED) is 0.855. The van der Waals surface area contributed by atoms with Crippen molar-refractivity contribution in [1.82, 2.24) is 4.57 Å². The van der Waals surface area contributed by atoms with Gasteiger partial charge in [0.05, 0.1) is 0 Å². The Kier molecular flexibility index (Phi) is 3.80. The van der Waals surface area contributed by atoms with E-state index in [0.29, 0.717) is 5.56 Å². The molecule has 1 amide bonds. The first kappa shape index (κ1) is 13.1. The molecule has 1 aromatic heterocycles. The van der Waals surface area contributed by atoms with Gasteiger partial charge in [-0.15, -0.1) is 0 Å². The topological polar surface area (TPSA) is 51.1 Å². The number of benzene rings is 1. The molecule has 0 aliphatic rings. The summed E-state index contributed by atoms with van der Waals surface area (Å²) in [5.74, 6) is -0.117. The van der Waals surface area contributed by atoms with Gasteiger partial charge in [-0.25, -0.2) is 0 Å². The summed E-state index contributed by atoms with van der Waals surface area (Å²) in [5.41, 5.74) is 2.49. The Balaban J connectivity index is 1.99. The van der Waals surface area contributed by atoms with E-state index in [1.807, 2.05) is 31.2 Å². The molecular weight excluding hydrogens is 240 g/mol. The molecule has 0 saturated heterocycles. The van der Waals surface area contributed by atoms with Gasteiger partial charge in [-0.05, 0) is 37.6 Å². The number of rotatable bonds is 4. The molecule has 4 nitrogen and oxygen atoms in total. The highest BCUT2D eigenvalue weighted by Crippen LogP contribution is 2.10. The Morgan fingerprint density at radius 2 is 2.05 bits per heavy atom. The lowest BCUT2D eigenvalue weighted by molar-refractivity contribution is -0.116. The summed E-state index contributed by atoms with van der Waals surface area (Å²) in [5, 5.41) is 2.83. The average molecular weight is 256 g/mol. The third-order valence-corrected chi connectivity index (χ3v) is 2.79. The normalized spacial score (nSPS) is 10.2. The van der Waals surface area contributed by atoms with Crippen molar-refractivity contribution in [2.45, 2.75) is 20.4 Å². The third-order valence-electron chi connectivity index (χ3n) is 2.79. The molecule has 0 aliphatic heterocycles. The van der Waals surface area contributed by atoms with E-state index < -0.39 is 0 Å². The highest BCUT2D eigenvalue weighted by molar-refractivity contribution is 5.94. The third kappa shape index (κ3) is 3.55. The van der Waals surface area contributed by atoms with Crippen LogP contribution in [0.25, 0.3) is 0 Å². The number of ketones is 1. The van der Waals surface area contributed by atoms with Gasteiger partial charge >= 0.3 is 0 Å². The lowest BCUT2D eigenvalue weighted by atomic mass is 10.2. The predicted molar refractivity (Wildman–Crippen MR) is 74.2 cm³/mol. The number of hydrogen-bond donors (Lipinski definition) is 1. The molecule has 0 unspecified atom stereocenters. The number of carbonyl (C=O) groups is 2. The second kappa shape index (κ2) is 5.52. The Morgan fingerprint density at radius 3 is 2.68 bits per heavy atom. The van der Waals surface area contributed by atoms with Gasteiger partial charge in [0.15, 0.2) is 5.78 Å². The molecular formula is C15H16N2O2. The standard InChI is InChI=1S/C15H16N2O2/c1-11-4-3-5-14(8-11)16-15(19)10-17-7-6-13(9-17)12(2)18/h3-9H,10H2,1-2H3,(H,16,19). The summed E-state index contributed by atoms with van der Waals surface area (Å²) in [6.45, 7) is 3.68. The molecule has 2 aromatic rings. The van der Waals surface area contributed by atoms with Gasteiger partial charge in [0.1, 0.15) is 6.54 Å². The summed E-state index contributed by atoms with van der Waals surface area (Å²) in [6, 6.07) is 9.34.